The van der Waals surface area contributed by atoms with Crippen LogP contribution in [0, 0.1) is 17.8 Å². The first-order chi connectivity index (χ1) is 12.4. The minimum absolute atomic E-state index is 0.0388. The van der Waals surface area contributed by atoms with E-state index in [0.717, 1.165) is 19.5 Å². The average molecular weight is 356 g/mol. The maximum atomic E-state index is 12.7. The zero-order valence-corrected chi connectivity index (χ0v) is 15.8. The first-order valence-corrected chi connectivity index (χ1v) is 9.68. The number of hydrogen-bond donors (Lipinski definition) is 1. The van der Waals surface area contributed by atoms with Crippen molar-refractivity contribution in [1.82, 2.24) is 10.2 Å². The van der Waals surface area contributed by atoms with Crippen molar-refractivity contribution in [1.29, 1.82) is 0 Å². The lowest BCUT2D eigenvalue weighted by Gasteiger charge is -2.45. The van der Waals surface area contributed by atoms with Gasteiger partial charge < -0.3 is 15.0 Å². The highest BCUT2D eigenvalue weighted by atomic mass is 16.5. The fourth-order valence-corrected chi connectivity index (χ4v) is 5.04. The van der Waals surface area contributed by atoms with Gasteiger partial charge in [0.15, 0.2) is 0 Å². The molecule has 1 heterocycles. The summed E-state index contributed by atoms with van der Waals surface area (Å²) in [5.74, 6) is 2.20. The zero-order valence-electron chi connectivity index (χ0n) is 15.8. The van der Waals surface area contributed by atoms with Crippen molar-refractivity contribution in [2.75, 3.05) is 20.2 Å². The van der Waals surface area contributed by atoms with Gasteiger partial charge in [0.25, 0.3) is 0 Å². The molecule has 3 fully saturated rings. The third-order valence-corrected chi connectivity index (χ3v) is 6.61. The third kappa shape index (κ3) is 2.97. The highest BCUT2D eigenvalue weighted by Gasteiger charge is 2.58. The van der Waals surface area contributed by atoms with Crippen LogP contribution in [0.1, 0.15) is 43.7 Å². The SMILES string of the molecule is CCc1ccc([C@H]2[C@@H]3CN(C(=O)[C@H]4C[C@@](C)(NC(=O)OC)C4)C[C@@H]32)cc1. The number of aryl methyl sites for hydroxylation is 1. The van der Waals surface area contributed by atoms with Gasteiger partial charge in [0.1, 0.15) is 0 Å². The van der Waals surface area contributed by atoms with Crippen LogP contribution >= 0.6 is 0 Å². The average Bonchev–Trinajstić information content (AvgIpc) is 3.11. The van der Waals surface area contributed by atoms with Crippen molar-refractivity contribution in [3.8, 4) is 0 Å². The summed E-state index contributed by atoms with van der Waals surface area (Å²) in [7, 11) is 1.36. The van der Waals surface area contributed by atoms with Gasteiger partial charge in [-0.25, -0.2) is 4.79 Å². The van der Waals surface area contributed by atoms with Gasteiger partial charge in [-0.15, -0.1) is 0 Å². The van der Waals surface area contributed by atoms with E-state index in [-0.39, 0.29) is 17.4 Å². The first-order valence-electron chi connectivity index (χ1n) is 9.68. The number of fused-ring (bicyclic) bond motifs is 1. The summed E-state index contributed by atoms with van der Waals surface area (Å²) in [4.78, 5) is 26.2. The summed E-state index contributed by atoms with van der Waals surface area (Å²) < 4.78 is 4.66. The Morgan fingerprint density at radius 3 is 2.35 bits per heavy atom. The van der Waals surface area contributed by atoms with Crippen molar-refractivity contribution >= 4 is 12.0 Å². The second-order valence-electron chi connectivity index (χ2n) is 8.47. The molecular formula is C21H28N2O3. The molecule has 0 spiro atoms. The molecule has 1 aromatic carbocycles. The van der Waals surface area contributed by atoms with Crippen LogP contribution in [0.15, 0.2) is 24.3 Å². The molecule has 0 unspecified atom stereocenters. The molecule has 1 aromatic rings. The van der Waals surface area contributed by atoms with Crippen LogP contribution in [0.4, 0.5) is 4.79 Å². The van der Waals surface area contributed by atoms with E-state index in [2.05, 4.69) is 46.1 Å². The van der Waals surface area contributed by atoms with Crippen LogP contribution in [0.2, 0.25) is 0 Å². The van der Waals surface area contributed by atoms with E-state index in [0.29, 0.717) is 30.6 Å². The Bertz CT molecular complexity index is 696. The predicted octanol–water partition coefficient (Wildman–Crippen LogP) is 2.95. The maximum absolute atomic E-state index is 12.7. The molecule has 0 aromatic heterocycles. The number of nitrogens with zero attached hydrogens (tertiary/aromatic N) is 1. The normalized spacial score (nSPS) is 34.7. The maximum Gasteiger partial charge on any atom is 0.407 e. The molecule has 2 amide bonds. The molecule has 4 rings (SSSR count). The predicted molar refractivity (Wildman–Crippen MR) is 98.8 cm³/mol. The number of ether oxygens (including phenoxy) is 1. The minimum atomic E-state index is -0.419. The number of alkyl carbamates (subject to hydrolysis) is 1. The summed E-state index contributed by atoms with van der Waals surface area (Å²) in [6.45, 7) is 5.93. The molecule has 0 radical (unpaired) electrons. The number of hydrogen-bond acceptors (Lipinski definition) is 3. The second-order valence-corrected chi connectivity index (χ2v) is 8.47. The number of benzene rings is 1. The fraction of sp³-hybridized carbons (Fsp3) is 0.619. The third-order valence-electron chi connectivity index (χ3n) is 6.61. The van der Waals surface area contributed by atoms with Crippen molar-refractivity contribution in [3.05, 3.63) is 35.4 Å². The highest BCUT2D eigenvalue weighted by Crippen LogP contribution is 2.58. The molecule has 1 aliphatic heterocycles. The van der Waals surface area contributed by atoms with Crippen molar-refractivity contribution in [2.24, 2.45) is 17.8 Å². The Balaban J connectivity index is 1.28. The number of methoxy groups -OCH3 is 1. The van der Waals surface area contributed by atoms with Crippen LogP contribution in [0.3, 0.4) is 0 Å². The number of piperidine rings is 1. The Morgan fingerprint density at radius 1 is 1.19 bits per heavy atom. The van der Waals surface area contributed by atoms with Gasteiger partial charge in [-0.05, 0) is 55.1 Å². The van der Waals surface area contributed by atoms with Gasteiger partial charge in [-0.1, -0.05) is 31.2 Å². The largest absolute Gasteiger partial charge is 0.453 e. The second kappa shape index (κ2) is 6.29. The Morgan fingerprint density at radius 2 is 1.81 bits per heavy atom. The highest BCUT2D eigenvalue weighted by molar-refractivity contribution is 5.81. The number of carbonyl (C=O) groups is 2. The first kappa shape index (κ1) is 17.4. The van der Waals surface area contributed by atoms with Crippen LogP contribution in [0.25, 0.3) is 0 Å². The van der Waals surface area contributed by atoms with E-state index in [1.807, 2.05) is 6.92 Å². The van der Waals surface area contributed by atoms with Crippen LogP contribution in [0.5, 0.6) is 0 Å². The standard InChI is InChI=1S/C21H28N2O3/c1-4-13-5-7-14(8-6-13)18-16-11-23(12-17(16)18)19(24)15-9-21(2,10-15)22-20(25)26-3/h5-8,15-18H,4,9-12H2,1-3H3,(H,22,25)/t15-,16-,17+,18+,21+. The molecule has 2 aliphatic carbocycles. The van der Waals surface area contributed by atoms with Crippen molar-refractivity contribution < 1.29 is 14.3 Å². The van der Waals surface area contributed by atoms with Crippen LogP contribution in [-0.2, 0) is 16.0 Å². The lowest BCUT2D eigenvalue weighted by atomic mass is 9.69. The van der Waals surface area contributed by atoms with E-state index in [1.165, 1.54) is 18.2 Å². The summed E-state index contributed by atoms with van der Waals surface area (Å²) in [6.07, 6.45) is 2.06. The van der Waals surface area contributed by atoms with Gasteiger partial charge in [0, 0.05) is 24.5 Å². The van der Waals surface area contributed by atoms with E-state index < -0.39 is 6.09 Å². The van der Waals surface area contributed by atoms with Crippen LogP contribution in [-0.4, -0.2) is 42.6 Å². The summed E-state index contributed by atoms with van der Waals surface area (Å²) in [5, 5.41) is 2.84. The van der Waals surface area contributed by atoms with Crippen LogP contribution < -0.4 is 5.32 Å². The molecule has 0 bridgehead atoms. The Labute approximate surface area is 155 Å². The number of carbonyl (C=O) groups excluding carboxylic acids is 2. The van der Waals surface area contributed by atoms with E-state index >= 15 is 0 Å². The molecule has 2 saturated carbocycles. The molecule has 3 aliphatic rings. The van der Waals surface area contributed by atoms with Gasteiger partial charge in [-0.2, -0.15) is 0 Å². The quantitative estimate of drug-likeness (QED) is 0.902. The van der Waals surface area contributed by atoms with Crippen molar-refractivity contribution in [3.63, 3.8) is 0 Å². The smallest absolute Gasteiger partial charge is 0.407 e. The molecule has 1 N–H and O–H groups in total. The molecule has 3 atom stereocenters. The van der Waals surface area contributed by atoms with E-state index in [4.69, 9.17) is 0 Å². The van der Waals surface area contributed by atoms with E-state index in [1.54, 1.807) is 0 Å². The Hall–Kier alpha value is -2.04. The molecule has 1 saturated heterocycles. The van der Waals surface area contributed by atoms with Crippen molar-refractivity contribution in [2.45, 2.75) is 44.6 Å². The molecule has 5 nitrogen and oxygen atoms in total. The van der Waals surface area contributed by atoms with Gasteiger partial charge in [0.2, 0.25) is 5.91 Å². The number of nitrogens with one attached hydrogen (secondary N) is 1. The molecule has 26 heavy (non-hydrogen) atoms. The minimum Gasteiger partial charge on any atom is -0.453 e. The number of rotatable bonds is 4. The monoisotopic (exact) mass is 356 g/mol. The van der Waals surface area contributed by atoms with Gasteiger partial charge >= 0.3 is 6.09 Å². The Kier molecular flexibility index (Phi) is 4.20. The summed E-state index contributed by atoms with van der Waals surface area (Å²) in [6, 6.07) is 9.00. The van der Waals surface area contributed by atoms with E-state index in [9.17, 15) is 9.59 Å². The summed E-state index contributed by atoms with van der Waals surface area (Å²) in [5.41, 5.74) is 2.51. The van der Waals surface area contributed by atoms with Gasteiger partial charge in [-0.3, -0.25) is 4.79 Å². The summed E-state index contributed by atoms with van der Waals surface area (Å²) >= 11 is 0. The zero-order chi connectivity index (χ0) is 18.5. The lowest BCUT2D eigenvalue weighted by Crippen LogP contribution is -2.58. The lowest BCUT2D eigenvalue weighted by molar-refractivity contribution is -0.140. The number of likely N-dealkylation sites (tertiary alicyclic amines) is 1. The molecular weight excluding hydrogens is 328 g/mol. The molecule has 140 valence electrons. The molecule has 5 heteroatoms. The topological polar surface area (TPSA) is 58.6 Å². The number of amides is 2. The van der Waals surface area contributed by atoms with Gasteiger partial charge in [0.05, 0.1) is 7.11 Å². The fourth-order valence-electron chi connectivity index (χ4n) is 5.04.